The first kappa shape index (κ1) is 14.3. The highest BCUT2D eigenvalue weighted by molar-refractivity contribution is 5.18. The van der Waals surface area contributed by atoms with Gasteiger partial charge in [-0.1, -0.05) is 12.1 Å². The quantitative estimate of drug-likeness (QED) is 0.813. The van der Waals surface area contributed by atoms with Gasteiger partial charge in [0.15, 0.2) is 0 Å². The van der Waals surface area contributed by atoms with Crippen molar-refractivity contribution >= 4 is 0 Å². The van der Waals surface area contributed by atoms with Crippen LogP contribution in [0.25, 0.3) is 0 Å². The minimum Gasteiger partial charge on any atom is -0.390 e. The topological polar surface area (TPSA) is 20.2 Å². The van der Waals surface area contributed by atoms with E-state index in [1.807, 2.05) is 0 Å². The smallest absolute Gasteiger partial charge is 0.390 e. The first-order chi connectivity index (χ1) is 8.78. The van der Waals surface area contributed by atoms with Crippen molar-refractivity contribution in [3.05, 3.63) is 35.6 Å². The molecule has 0 aromatic heterocycles. The number of halogens is 4. The number of hydrogen-bond acceptors (Lipinski definition) is 1. The maximum absolute atomic E-state index is 12.8. The molecule has 0 aliphatic heterocycles. The van der Waals surface area contributed by atoms with E-state index in [0.29, 0.717) is 0 Å². The molecule has 0 radical (unpaired) electrons. The lowest BCUT2D eigenvalue weighted by molar-refractivity contribution is -0.192. The van der Waals surface area contributed by atoms with Crippen molar-refractivity contribution in [2.45, 2.75) is 43.9 Å². The maximum Gasteiger partial charge on any atom is 0.391 e. The van der Waals surface area contributed by atoms with E-state index in [4.69, 9.17) is 0 Å². The van der Waals surface area contributed by atoms with Gasteiger partial charge in [0.25, 0.3) is 0 Å². The minimum absolute atomic E-state index is 0.0405. The zero-order valence-corrected chi connectivity index (χ0v) is 10.4. The van der Waals surface area contributed by atoms with Gasteiger partial charge in [-0.2, -0.15) is 13.2 Å². The molecule has 0 atom stereocenters. The second kappa shape index (κ2) is 5.12. The maximum atomic E-state index is 12.8. The van der Waals surface area contributed by atoms with Crippen molar-refractivity contribution in [3.8, 4) is 0 Å². The van der Waals surface area contributed by atoms with E-state index in [9.17, 15) is 22.7 Å². The Kier molecular flexibility index (Phi) is 3.85. The first-order valence-electron chi connectivity index (χ1n) is 6.32. The summed E-state index contributed by atoms with van der Waals surface area (Å²) in [5.74, 6) is -1.67. The summed E-state index contributed by atoms with van der Waals surface area (Å²) in [6, 6.07) is 5.70. The molecule has 1 saturated carbocycles. The van der Waals surface area contributed by atoms with Crippen LogP contribution in [0, 0.1) is 11.7 Å². The molecular formula is C14H16F4O. The van der Waals surface area contributed by atoms with Gasteiger partial charge >= 0.3 is 6.18 Å². The zero-order valence-electron chi connectivity index (χ0n) is 10.4. The standard InChI is InChI=1S/C14H16F4O/c15-12-3-1-10(2-4-12)9-13(19)7-5-11(6-8-13)14(16,17)18/h1-4,11,19H,5-9H2. The molecule has 0 bridgehead atoms. The van der Waals surface area contributed by atoms with E-state index < -0.39 is 17.7 Å². The summed E-state index contributed by atoms with van der Waals surface area (Å²) < 4.78 is 50.4. The summed E-state index contributed by atoms with van der Waals surface area (Å²) in [5, 5.41) is 10.3. The van der Waals surface area contributed by atoms with Crippen LogP contribution in [0.4, 0.5) is 17.6 Å². The molecule has 1 fully saturated rings. The molecule has 0 spiro atoms. The van der Waals surface area contributed by atoms with Crippen molar-refractivity contribution in [1.82, 2.24) is 0 Å². The monoisotopic (exact) mass is 276 g/mol. The largest absolute Gasteiger partial charge is 0.391 e. The van der Waals surface area contributed by atoms with Crippen LogP contribution in [-0.4, -0.2) is 16.9 Å². The Morgan fingerprint density at radius 3 is 2.11 bits per heavy atom. The van der Waals surface area contributed by atoms with Gasteiger partial charge in [-0.3, -0.25) is 0 Å². The number of benzene rings is 1. The summed E-state index contributed by atoms with van der Waals surface area (Å²) >= 11 is 0. The third kappa shape index (κ3) is 3.69. The van der Waals surface area contributed by atoms with Crippen LogP contribution < -0.4 is 0 Å². The number of rotatable bonds is 2. The van der Waals surface area contributed by atoms with Crippen LogP contribution in [0.3, 0.4) is 0 Å². The Morgan fingerprint density at radius 2 is 1.63 bits per heavy atom. The van der Waals surface area contributed by atoms with Crippen LogP contribution in [0.2, 0.25) is 0 Å². The fourth-order valence-electron chi connectivity index (χ4n) is 2.64. The predicted molar refractivity (Wildman–Crippen MR) is 63.1 cm³/mol. The molecule has 0 amide bonds. The number of aliphatic hydroxyl groups is 1. The first-order valence-corrected chi connectivity index (χ1v) is 6.32. The Morgan fingerprint density at radius 1 is 1.11 bits per heavy atom. The van der Waals surface area contributed by atoms with Crippen molar-refractivity contribution in [2.24, 2.45) is 5.92 Å². The van der Waals surface area contributed by atoms with Crippen molar-refractivity contribution < 1.29 is 22.7 Å². The van der Waals surface area contributed by atoms with Gasteiger partial charge in [-0.25, -0.2) is 4.39 Å². The molecule has 1 aromatic carbocycles. The van der Waals surface area contributed by atoms with E-state index >= 15 is 0 Å². The van der Waals surface area contributed by atoms with Gasteiger partial charge in [0, 0.05) is 6.42 Å². The van der Waals surface area contributed by atoms with Crippen molar-refractivity contribution in [1.29, 1.82) is 0 Å². The Labute approximate surface area is 109 Å². The van der Waals surface area contributed by atoms with E-state index in [-0.39, 0.29) is 37.9 Å². The molecule has 1 aromatic rings. The molecule has 5 heteroatoms. The van der Waals surface area contributed by atoms with Gasteiger partial charge < -0.3 is 5.11 Å². The lowest BCUT2D eigenvalue weighted by Gasteiger charge is -2.36. The molecule has 0 heterocycles. The van der Waals surface area contributed by atoms with E-state index in [1.54, 1.807) is 12.1 Å². The van der Waals surface area contributed by atoms with Crippen LogP contribution in [0.5, 0.6) is 0 Å². The number of hydrogen-bond donors (Lipinski definition) is 1. The second-order valence-electron chi connectivity index (χ2n) is 5.34. The lowest BCUT2D eigenvalue weighted by atomic mass is 9.75. The number of alkyl halides is 3. The van der Waals surface area contributed by atoms with Crippen LogP contribution in [-0.2, 0) is 6.42 Å². The average molecular weight is 276 g/mol. The predicted octanol–water partition coefficient (Wildman–Crippen LogP) is 3.85. The molecule has 2 rings (SSSR count). The third-order valence-corrected chi connectivity index (χ3v) is 3.83. The Balaban J connectivity index is 1.96. The normalized spacial score (nSPS) is 28.4. The lowest BCUT2D eigenvalue weighted by Crippen LogP contribution is -2.39. The second-order valence-corrected chi connectivity index (χ2v) is 5.34. The van der Waals surface area contributed by atoms with Crippen molar-refractivity contribution in [2.75, 3.05) is 0 Å². The molecule has 1 nitrogen and oxygen atoms in total. The van der Waals surface area contributed by atoms with Gasteiger partial charge in [0.2, 0.25) is 0 Å². The molecule has 1 N–H and O–H groups in total. The molecule has 1 aliphatic carbocycles. The summed E-state index contributed by atoms with van der Waals surface area (Å²) in [6.45, 7) is 0. The van der Waals surface area contributed by atoms with E-state index in [1.165, 1.54) is 12.1 Å². The fraction of sp³-hybridized carbons (Fsp3) is 0.571. The van der Waals surface area contributed by atoms with Crippen LogP contribution >= 0.6 is 0 Å². The Bertz CT molecular complexity index is 416. The minimum atomic E-state index is -4.17. The zero-order chi connectivity index (χ0) is 14.1. The summed E-state index contributed by atoms with van der Waals surface area (Å²) in [4.78, 5) is 0. The summed E-state index contributed by atoms with van der Waals surface area (Å²) in [5.41, 5.74) is -0.353. The van der Waals surface area contributed by atoms with Gasteiger partial charge in [-0.15, -0.1) is 0 Å². The molecule has 0 unspecified atom stereocenters. The molecule has 1 aliphatic rings. The van der Waals surface area contributed by atoms with Gasteiger partial charge in [0.1, 0.15) is 5.82 Å². The SMILES string of the molecule is OC1(Cc2ccc(F)cc2)CCC(C(F)(F)F)CC1. The highest BCUT2D eigenvalue weighted by atomic mass is 19.4. The van der Waals surface area contributed by atoms with E-state index in [0.717, 1.165) is 5.56 Å². The molecular weight excluding hydrogens is 260 g/mol. The molecule has 106 valence electrons. The fourth-order valence-corrected chi connectivity index (χ4v) is 2.64. The third-order valence-electron chi connectivity index (χ3n) is 3.83. The highest BCUT2D eigenvalue weighted by Crippen LogP contribution is 2.42. The average Bonchev–Trinajstić information content (AvgIpc) is 2.31. The van der Waals surface area contributed by atoms with Gasteiger partial charge in [-0.05, 0) is 43.4 Å². The van der Waals surface area contributed by atoms with Gasteiger partial charge in [0.05, 0.1) is 11.5 Å². The summed E-state index contributed by atoms with van der Waals surface area (Å²) in [6.07, 6.45) is -3.71. The van der Waals surface area contributed by atoms with E-state index in [2.05, 4.69) is 0 Å². The summed E-state index contributed by atoms with van der Waals surface area (Å²) in [7, 11) is 0. The molecule has 19 heavy (non-hydrogen) atoms. The van der Waals surface area contributed by atoms with Crippen molar-refractivity contribution in [3.63, 3.8) is 0 Å². The van der Waals surface area contributed by atoms with Crippen LogP contribution in [0.15, 0.2) is 24.3 Å². The molecule has 0 saturated heterocycles. The highest BCUT2D eigenvalue weighted by Gasteiger charge is 2.45. The Hall–Kier alpha value is -1.10. The van der Waals surface area contributed by atoms with Crippen LogP contribution in [0.1, 0.15) is 31.2 Å².